The van der Waals surface area contributed by atoms with Crippen molar-refractivity contribution in [1.82, 2.24) is 15.2 Å². The molecule has 1 fully saturated rings. The zero-order valence-corrected chi connectivity index (χ0v) is 16.2. The molecule has 1 aliphatic heterocycles. The van der Waals surface area contributed by atoms with E-state index in [-0.39, 0.29) is 23.2 Å². The number of piperazine rings is 1. The second-order valence-corrected chi connectivity index (χ2v) is 9.06. The molecule has 0 aliphatic carbocycles. The van der Waals surface area contributed by atoms with E-state index in [0.717, 1.165) is 23.9 Å². The van der Waals surface area contributed by atoms with Crippen molar-refractivity contribution in [2.45, 2.75) is 11.8 Å². The maximum absolute atomic E-state index is 12.3. The normalized spacial score (nSPS) is 15.1. The van der Waals surface area contributed by atoms with Gasteiger partial charge in [-0.2, -0.15) is 0 Å². The monoisotopic (exact) mass is 394 g/mol. The molecule has 2 amide bonds. The molecule has 0 atom stereocenters. The highest BCUT2D eigenvalue weighted by Gasteiger charge is 2.23. The van der Waals surface area contributed by atoms with Crippen molar-refractivity contribution in [2.24, 2.45) is 0 Å². The van der Waals surface area contributed by atoms with Crippen LogP contribution in [0.3, 0.4) is 0 Å². The summed E-state index contributed by atoms with van der Waals surface area (Å²) in [4.78, 5) is 20.9. The Labute approximate surface area is 157 Å². The zero-order chi connectivity index (χ0) is 18.6. The quantitative estimate of drug-likeness (QED) is 0.836. The van der Waals surface area contributed by atoms with Gasteiger partial charge in [0, 0.05) is 38.1 Å². The minimum Gasteiger partial charge on any atom is -0.345 e. The third-order valence-corrected chi connectivity index (χ3v) is 6.94. The van der Waals surface area contributed by atoms with E-state index >= 15 is 0 Å². The predicted octanol–water partition coefficient (Wildman–Crippen LogP) is 1.76. The Morgan fingerprint density at radius 2 is 1.88 bits per heavy atom. The number of hydrogen-bond acceptors (Lipinski definition) is 6. The van der Waals surface area contributed by atoms with Crippen LogP contribution in [0.25, 0.3) is 0 Å². The molecule has 0 bridgehead atoms. The van der Waals surface area contributed by atoms with E-state index in [1.54, 1.807) is 46.6 Å². The topological polar surface area (TPSA) is 82.6 Å². The van der Waals surface area contributed by atoms with Gasteiger partial charge in [-0.05, 0) is 19.1 Å². The Morgan fingerprint density at radius 1 is 1.19 bits per heavy atom. The van der Waals surface area contributed by atoms with Gasteiger partial charge in [0.05, 0.1) is 16.3 Å². The lowest BCUT2D eigenvalue weighted by Crippen LogP contribution is -2.52. The van der Waals surface area contributed by atoms with E-state index < -0.39 is 9.84 Å². The second-order valence-electron chi connectivity index (χ2n) is 6.11. The Hall–Kier alpha value is -2.13. The Balaban J connectivity index is 1.45. The van der Waals surface area contributed by atoms with E-state index in [9.17, 15) is 13.2 Å². The summed E-state index contributed by atoms with van der Waals surface area (Å²) in [5.74, 6) is -0.110. The smallest absolute Gasteiger partial charge is 0.317 e. The number of sulfone groups is 1. The number of thiazole rings is 1. The lowest BCUT2D eigenvalue weighted by atomic mass is 10.3. The molecular weight excluding hydrogens is 372 g/mol. The molecule has 1 aromatic heterocycles. The molecule has 140 valence electrons. The molecule has 1 saturated heterocycles. The standard InChI is InChI=1S/C17H22N4O3S2/c1-14-13-25-17(19-14)21-10-8-20(9-11-21)16(22)18-7-12-26(23,24)15-5-3-2-4-6-15/h2-6,13H,7-12H2,1H3,(H,18,22). The summed E-state index contributed by atoms with van der Waals surface area (Å²) in [6.07, 6.45) is 0. The van der Waals surface area contributed by atoms with Gasteiger partial charge in [-0.15, -0.1) is 11.3 Å². The predicted molar refractivity (Wildman–Crippen MR) is 103 cm³/mol. The van der Waals surface area contributed by atoms with Gasteiger partial charge in [0.15, 0.2) is 15.0 Å². The molecule has 0 radical (unpaired) electrons. The summed E-state index contributed by atoms with van der Waals surface area (Å²) in [5, 5.41) is 5.71. The molecule has 2 heterocycles. The van der Waals surface area contributed by atoms with Crippen LogP contribution in [0, 0.1) is 6.92 Å². The van der Waals surface area contributed by atoms with Crippen LogP contribution >= 0.6 is 11.3 Å². The minimum atomic E-state index is -3.38. The lowest BCUT2D eigenvalue weighted by molar-refractivity contribution is 0.195. The zero-order valence-electron chi connectivity index (χ0n) is 14.6. The van der Waals surface area contributed by atoms with Crippen LogP contribution in [-0.2, 0) is 9.84 Å². The average molecular weight is 395 g/mol. The number of nitrogens with zero attached hydrogens (tertiary/aromatic N) is 3. The summed E-state index contributed by atoms with van der Waals surface area (Å²) in [5.41, 5.74) is 1.00. The number of carbonyl (C=O) groups excluding carboxylic acids is 1. The number of aromatic nitrogens is 1. The van der Waals surface area contributed by atoms with Crippen molar-refractivity contribution in [3.05, 3.63) is 41.4 Å². The highest BCUT2D eigenvalue weighted by molar-refractivity contribution is 7.91. The highest BCUT2D eigenvalue weighted by Crippen LogP contribution is 2.21. The van der Waals surface area contributed by atoms with Crippen LogP contribution in [0.15, 0.2) is 40.6 Å². The van der Waals surface area contributed by atoms with E-state index in [2.05, 4.69) is 15.2 Å². The van der Waals surface area contributed by atoms with Gasteiger partial charge in [0.2, 0.25) is 0 Å². The van der Waals surface area contributed by atoms with E-state index in [0.29, 0.717) is 13.1 Å². The van der Waals surface area contributed by atoms with E-state index in [1.165, 1.54) is 0 Å². The number of aryl methyl sites for hydroxylation is 1. The SMILES string of the molecule is Cc1csc(N2CCN(C(=O)NCCS(=O)(=O)c3ccccc3)CC2)n1. The average Bonchev–Trinajstić information content (AvgIpc) is 3.09. The summed E-state index contributed by atoms with van der Waals surface area (Å²) in [6.45, 7) is 4.70. The van der Waals surface area contributed by atoms with Crippen molar-refractivity contribution in [3.63, 3.8) is 0 Å². The Kier molecular flexibility index (Phi) is 5.77. The lowest BCUT2D eigenvalue weighted by Gasteiger charge is -2.34. The third kappa shape index (κ3) is 4.53. The summed E-state index contributed by atoms with van der Waals surface area (Å²) >= 11 is 1.61. The van der Waals surface area contributed by atoms with Gasteiger partial charge in [-0.3, -0.25) is 0 Å². The molecule has 7 nitrogen and oxygen atoms in total. The molecule has 9 heteroatoms. The molecular formula is C17H22N4O3S2. The van der Waals surface area contributed by atoms with Crippen LogP contribution in [0.2, 0.25) is 0 Å². The fourth-order valence-electron chi connectivity index (χ4n) is 2.74. The molecule has 1 aromatic carbocycles. The van der Waals surface area contributed by atoms with Gasteiger partial charge < -0.3 is 15.1 Å². The number of benzene rings is 1. The maximum atomic E-state index is 12.3. The summed E-state index contributed by atoms with van der Waals surface area (Å²) < 4.78 is 24.4. The van der Waals surface area contributed by atoms with Crippen molar-refractivity contribution in [1.29, 1.82) is 0 Å². The first-order valence-electron chi connectivity index (χ1n) is 8.43. The highest BCUT2D eigenvalue weighted by atomic mass is 32.2. The van der Waals surface area contributed by atoms with Crippen LogP contribution in [0.1, 0.15) is 5.69 Å². The molecule has 0 spiro atoms. The number of anilines is 1. The fraction of sp³-hybridized carbons (Fsp3) is 0.412. The molecule has 1 N–H and O–H groups in total. The first-order chi connectivity index (χ1) is 12.5. The van der Waals surface area contributed by atoms with Gasteiger partial charge in [0.25, 0.3) is 0 Å². The molecule has 3 rings (SSSR count). The van der Waals surface area contributed by atoms with Gasteiger partial charge >= 0.3 is 6.03 Å². The Bertz CT molecular complexity index is 844. The number of nitrogens with one attached hydrogen (secondary N) is 1. The number of amides is 2. The van der Waals surface area contributed by atoms with Gasteiger partial charge in [0.1, 0.15) is 0 Å². The number of hydrogen-bond donors (Lipinski definition) is 1. The maximum Gasteiger partial charge on any atom is 0.317 e. The summed E-state index contributed by atoms with van der Waals surface area (Å²) in [6, 6.07) is 8.06. The van der Waals surface area contributed by atoms with Crippen molar-refractivity contribution < 1.29 is 13.2 Å². The van der Waals surface area contributed by atoms with Crippen molar-refractivity contribution in [2.75, 3.05) is 43.4 Å². The second kappa shape index (κ2) is 8.05. The number of urea groups is 1. The van der Waals surface area contributed by atoms with Gasteiger partial charge in [-0.1, -0.05) is 18.2 Å². The minimum absolute atomic E-state index is 0.0992. The number of carbonyl (C=O) groups is 1. The Morgan fingerprint density at radius 3 is 2.50 bits per heavy atom. The molecule has 1 aliphatic rings. The van der Waals surface area contributed by atoms with E-state index in [1.807, 2.05) is 12.3 Å². The third-order valence-electron chi connectivity index (χ3n) is 4.19. The molecule has 26 heavy (non-hydrogen) atoms. The fourth-order valence-corrected chi connectivity index (χ4v) is 4.77. The molecule has 0 unspecified atom stereocenters. The molecule has 2 aromatic rings. The largest absolute Gasteiger partial charge is 0.345 e. The first-order valence-corrected chi connectivity index (χ1v) is 11.0. The van der Waals surface area contributed by atoms with Crippen LogP contribution in [0.5, 0.6) is 0 Å². The summed E-state index contributed by atoms with van der Waals surface area (Å²) in [7, 11) is -3.38. The van der Waals surface area contributed by atoms with Crippen LogP contribution < -0.4 is 10.2 Å². The van der Waals surface area contributed by atoms with Crippen molar-refractivity contribution in [3.8, 4) is 0 Å². The van der Waals surface area contributed by atoms with E-state index in [4.69, 9.17) is 0 Å². The molecule has 0 saturated carbocycles. The van der Waals surface area contributed by atoms with Crippen molar-refractivity contribution >= 4 is 32.3 Å². The van der Waals surface area contributed by atoms with Crippen LogP contribution in [0.4, 0.5) is 9.93 Å². The van der Waals surface area contributed by atoms with Gasteiger partial charge in [-0.25, -0.2) is 18.2 Å². The first kappa shape index (κ1) is 18.7. The number of rotatable bonds is 5. The van der Waals surface area contributed by atoms with Crippen LogP contribution in [-0.4, -0.2) is 62.8 Å².